The van der Waals surface area contributed by atoms with Crippen molar-refractivity contribution in [2.24, 2.45) is 0 Å². The van der Waals surface area contributed by atoms with Crippen molar-refractivity contribution in [2.75, 3.05) is 13.6 Å². The van der Waals surface area contributed by atoms with Crippen molar-refractivity contribution in [3.05, 3.63) is 35.9 Å². The molecule has 7 heteroatoms. The van der Waals surface area contributed by atoms with Gasteiger partial charge in [0.1, 0.15) is 5.54 Å². The predicted octanol–water partition coefficient (Wildman–Crippen LogP) is 1.30. The molecule has 21 heavy (non-hydrogen) atoms. The Bertz CT molecular complexity index is 617. The Morgan fingerprint density at radius 2 is 2.00 bits per heavy atom. The maximum Gasteiger partial charge on any atom is 0.324 e. The van der Waals surface area contributed by atoms with Gasteiger partial charge in [0.05, 0.1) is 0 Å². The van der Waals surface area contributed by atoms with Crippen LogP contribution in [-0.4, -0.2) is 47.2 Å². The third-order valence-corrected chi connectivity index (χ3v) is 6.02. The van der Waals surface area contributed by atoms with Gasteiger partial charge < -0.3 is 5.11 Å². The van der Waals surface area contributed by atoms with Gasteiger partial charge in [-0.25, -0.2) is 0 Å². The van der Waals surface area contributed by atoms with Crippen LogP contribution >= 0.6 is 0 Å². The molecule has 6 nitrogen and oxygen atoms in total. The zero-order valence-electron chi connectivity index (χ0n) is 12.2. The molecule has 0 bridgehead atoms. The summed E-state index contributed by atoms with van der Waals surface area (Å²) in [6.07, 6.45) is 0.891. The molecule has 0 amide bonds. The molecule has 1 unspecified atom stereocenters. The van der Waals surface area contributed by atoms with E-state index in [1.165, 1.54) is 18.3 Å². The number of carbonyl (C=O) groups is 1. The molecule has 1 aromatic carbocycles. The molecule has 0 aliphatic carbocycles. The molecular formula is C14H20N2O4S. The van der Waals surface area contributed by atoms with Crippen molar-refractivity contribution in [2.45, 2.75) is 31.8 Å². The summed E-state index contributed by atoms with van der Waals surface area (Å²) in [6, 6.07) is 9.22. The van der Waals surface area contributed by atoms with Gasteiger partial charge >= 0.3 is 5.97 Å². The molecule has 1 aliphatic heterocycles. The van der Waals surface area contributed by atoms with Crippen LogP contribution in [0.4, 0.5) is 0 Å². The molecule has 1 N–H and O–H groups in total. The first kappa shape index (κ1) is 15.9. The summed E-state index contributed by atoms with van der Waals surface area (Å²) in [5, 5.41) is 9.35. The first-order valence-electron chi connectivity index (χ1n) is 6.80. The first-order chi connectivity index (χ1) is 9.78. The molecule has 0 radical (unpaired) electrons. The second-order valence-corrected chi connectivity index (χ2v) is 7.46. The molecule has 1 heterocycles. The van der Waals surface area contributed by atoms with E-state index in [1.54, 1.807) is 0 Å². The summed E-state index contributed by atoms with van der Waals surface area (Å²) in [6.45, 7) is 1.93. The van der Waals surface area contributed by atoms with Crippen LogP contribution in [0.3, 0.4) is 0 Å². The molecule has 1 atom stereocenters. The maximum absolute atomic E-state index is 12.6. The average Bonchev–Trinajstić information content (AvgIpc) is 2.84. The molecule has 0 saturated carbocycles. The second-order valence-electron chi connectivity index (χ2n) is 5.50. The van der Waals surface area contributed by atoms with Gasteiger partial charge in [-0.15, -0.1) is 0 Å². The summed E-state index contributed by atoms with van der Waals surface area (Å²) in [5.41, 5.74) is -0.496. The standard InChI is InChI=1S/C14H20N2O4S/c1-14(13(17)18)9-6-10-16(14)21(19,20)15(2)11-12-7-4-3-5-8-12/h3-5,7-8H,6,9-11H2,1-2H3,(H,17,18). The van der Waals surface area contributed by atoms with Crippen molar-refractivity contribution in [3.63, 3.8) is 0 Å². The zero-order valence-corrected chi connectivity index (χ0v) is 13.0. The fraction of sp³-hybridized carbons (Fsp3) is 0.500. The molecule has 0 spiro atoms. The summed E-state index contributed by atoms with van der Waals surface area (Å²) < 4.78 is 27.6. The fourth-order valence-corrected chi connectivity index (χ4v) is 4.30. The van der Waals surface area contributed by atoms with E-state index < -0.39 is 21.7 Å². The minimum absolute atomic E-state index is 0.218. The van der Waals surface area contributed by atoms with Crippen molar-refractivity contribution in [1.29, 1.82) is 0 Å². The highest BCUT2D eigenvalue weighted by atomic mass is 32.2. The Labute approximate surface area is 125 Å². The highest BCUT2D eigenvalue weighted by Gasteiger charge is 2.50. The number of benzene rings is 1. The Morgan fingerprint density at radius 3 is 2.57 bits per heavy atom. The van der Waals surface area contributed by atoms with E-state index in [-0.39, 0.29) is 13.1 Å². The Morgan fingerprint density at radius 1 is 1.38 bits per heavy atom. The number of carboxylic acids is 1. The number of aliphatic carboxylic acids is 1. The highest BCUT2D eigenvalue weighted by molar-refractivity contribution is 7.86. The lowest BCUT2D eigenvalue weighted by atomic mass is 10.0. The molecule has 1 saturated heterocycles. The molecule has 116 valence electrons. The summed E-state index contributed by atoms with van der Waals surface area (Å²) in [4.78, 5) is 11.4. The molecule has 1 aromatic rings. The molecule has 2 rings (SSSR count). The number of hydrogen-bond acceptors (Lipinski definition) is 3. The van der Waals surface area contributed by atoms with Crippen LogP contribution in [0, 0.1) is 0 Å². The van der Waals surface area contributed by atoms with Crippen molar-refractivity contribution < 1.29 is 18.3 Å². The van der Waals surface area contributed by atoms with Gasteiger partial charge in [-0.2, -0.15) is 17.0 Å². The van der Waals surface area contributed by atoms with Gasteiger partial charge in [-0.1, -0.05) is 30.3 Å². The number of carboxylic acid groups (broad SMARTS) is 1. The highest BCUT2D eigenvalue weighted by Crippen LogP contribution is 2.33. The van der Waals surface area contributed by atoms with Gasteiger partial charge in [-0.05, 0) is 25.3 Å². The first-order valence-corrected chi connectivity index (χ1v) is 8.19. The normalized spacial score (nSPS) is 23.6. The Hall–Kier alpha value is -1.44. The minimum atomic E-state index is -3.80. The third-order valence-electron chi connectivity index (χ3n) is 3.96. The molecule has 1 aliphatic rings. The molecule has 1 fully saturated rings. The number of hydrogen-bond donors (Lipinski definition) is 1. The number of rotatable bonds is 5. The van der Waals surface area contributed by atoms with Crippen LogP contribution in [0.1, 0.15) is 25.3 Å². The van der Waals surface area contributed by atoms with Gasteiger partial charge in [0.25, 0.3) is 10.2 Å². The van der Waals surface area contributed by atoms with Crippen molar-refractivity contribution in [1.82, 2.24) is 8.61 Å². The van der Waals surface area contributed by atoms with E-state index in [0.29, 0.717) is 12.8 Å². The SMILES string of the molecule is CN(Cc1ccccc1)S(=O)(=O)N1CCCC1(C)C(=O)O. The van der Waals surface area contributed by atoms with Crippen LogP contribution in [0.2, 0.25) is 0 Å². The van der Waals surface area contributed by atoms with E-state index >= 15 is 0 Å². The zero-order chi connectivity index (χ0) is 15.7. The smallest absolute Gasteiger partial charge is 0.324 e. The molecule has 0 aromatic heterocycles. The average molecular weight is 312 g/mol. The topological polar surface area (TPSA) is 77.9 Å². The summed E-state index contributed by atoms with van der Waals surface area (Å²) in [7, 11) is -2.33. The van der Waals surface area contributed by atoms with Gasteiger partial charge in [0, 0.05) is 20.1 Å². The lowest BCUT2D eigenvalue weighted by Gasteiger charge is -2.33. The van der Waals surface area contributed by atoms with Crippen molar-refractivity contribution >= 4 is 16.2 Å². The van der Waals surface area contributed by atoms with Gasteiger partial charge in [0.15, 0.2) is 0 Å². The predicted molar refractivity (Wildman–Crippen MR) is 78.8 cm³/mol. The fourth-order valence-electron chi connectivity index (χ4n) is 2.61. The summed E-state index contributed by atoms with van der Waals surface area (Å²) in [5.74, 6) is -1.10. The third kappa shape index (κ3) is 2.95. The minimum Gasteiger partial charge on any atom is -0.480 e. The summed E-state index contributed by atoms with van der Waals surface area (Å²) >= 11 is 0. The number of nitrogens with zero attached hydrogens (tertiary/aromatic N) is 2. The van der Waals surface area contributed by atoms with Crippen LogP contribution in [0.5, 0.6) is 0 Å². The van der Waals surface area contributed by atoms with Gasteiger partial charge in [0.2, 0.25) is 0 Å². The van der Waals surface area contributed by atoms with E-state index in [1.807, 2.05) is 30.3 Å². The van der Waals surface area contributed by atoms with E-state index in [4.69, 9.17) is 0 Å². The van der Waals surface area contributed by atoms with Crippen LogP contribution in [-0.2, 0) is 21.5 Å². The Balaban J connectivity index is 2.23. The maximum atomic E-state index is 12.6. The van der Waals surface area contributed by atoms with Crippen molar-refractivity contribution in [3.8, 4) is 0 Å². The molecular weight excluding hydrogens is 292 g/mol. The van der Waals surface area contributed by atoms with E-state index in [2.05, 4.69) is 0 Å². The largest absolute Gasteiger partial charge is 0.480 e. The van der Waals surface area contributed by atoms with Crippen LogP contribution < -0.4 is 0 Å². The van der Waals surface area contributed by atoms with Crippen LogP contribution in [0.15, 0.2) is 30.3 Å². The lowest BCUT2D eigenvalue weighted by Crippen LogP contribution is -2.54. The second kappa shape index (κ2) is 5.75. The van der Waals surface area contributed by atoms with E-state index in [0.717, 1.165) is 9.87 Å². The Kier molecular flexibility index (Phi) is 4.36. The van der Waals surface area contributed by atoms with E-state index in [9.17, 15) is 18.3 Å². The lowest BCUT2D eigenvalue weighted by molar-refractivity contribution is -0.146. The van der Waals surface area contributed by atoms with Gasteiger partial charge in [-0.3, -0.25) is 4.79 Å². The van der Waals surface area contributed by atoms with Crippen LogP contribution in [0.25, 0.3) is 0 Å². The monoisotopic (exact) mass is 312 g/mol. The quantitative estimate of drug-likeness (QED) is 0.889.